The van der Waals surface area contributed by atoms with Gasteiger partial charge < -0.3 is 16.0 Å². The van der Waals surface area contributed by atoms with Gasteiger partial charge in [-0.1, -0.05) is 18.2 Å². The van der Waals surface area contributed by atoms with Crippen molar-refractivity contribution in [2.75, 3.05) is 18.4 Å². The van der Waals surface area contributed by atoms with Crippen molar-refractivity contribution in [2.24, 2.45) is 0 Å². The minimum absolute atomic E-state index is 0.0189. The van der Waals surface area contributed by atoms with Gasteiger partial charge in [-0.3, -0.25) is 14.9 Å². The van der Waals surface area contributed by atoms with E-state index in [9.17, 15) is 9.59 Å². The Kier molecular flexibility index (Phi) is 6.21. The molecule has 0 radical (unpaired) electrons. The van der Waals surface area contributed by atoms with Gasteiger partial charge in [0.25, 0.3) is 0 Å². The highest BCUT2D eigenvalue weighted by atomic mass is 16.2. The molecular weight excluding hydrogens is 328 g/mol. The van der Waals surface area contributed by atoms with E-state index >= 15 is 0 Å². The molecule has 1 heterocycles. The van der Waals surface area contributed by atoms with Gasteiger partial charge in [-0.05, 0) is 45.4 Å². The summed E-state index contributed by atoms with van der Waals surface area (Å²) in [6, 6.07) is 7.69. The molecule has 0 saturated heterocycles. The molecule has 142 valence electrons. The summed E-state index contributed by atoms with van der Waals surface area (Å²) in [6.07, 6.45) is 2.01. The van der Waals surface area contributed by atoms with Gasteiger partial charge in [-0.15, -0.1) is 0 Å². The molecule has 1 aliphatic rings. The van der Waals surface area contributed by atoms with E-state index in [1.54, 1.807) is 0 Å². The summed E-state index contributed by atoms with van der Waals surface area (Å²) >= 11 is 0. The van der Waals surface area contributed by atoms with Crippen LogP contribution in [0.15, 0.2) is 35.9 Å². The highest BCUT2D eigenvalue weighted by Gasteiger charge is 2.39. The maximum absolute atomic E-state index is 12.4. The zero-order valence-corrected chi connectivity index (χ0v) is 16.3. The minimum Gasteiger partial charge on any atom is -0.351 e. The molecule has 0 aliphatic carbocycles. The highest BCUT2D eigenvalue weighted by molar-refractivity contribution is 5.96. The molecule has 2 amide bonds. The summed E-state index contributed by atoms with van der Waals surface area (Å²) in [4.78, 5) is 23.4. The smallest absolute Gasteiger partial charge is 0.248 e. The lowest BCUT2D eigenvalue weighted by Crippen LogP contribution is -2.48. The first kappa shape index (κ1) is 20.1. The number of carbonyl (C=O) groups is 2. The Balaban J connectivity index is 1.72. The summed E-state index contributed by atoms with van der Waals surface area (Å²) in [5.41, 5.74) is 2.21. The van der Waals surface area contributed by atoms with Crippen LogP contribution < -0.4 is 21.3 Å². The van der Waals surface area contributed by atoms with Gasteiger partial charge in [0.1, 0.15) is 0 Å². The lowest BCUT2D eigenvalue weighted by atomic mass is 9.96. The summed E-state index contributed by atoms with van der Waals surface area (Å²) in [7, 11) is 0. The van der Waals surface area contributed by atoms with E-state index in [0.717, 1.165) is 16.8 Å². The van der Waals surface area contributed by atoms with Crippen LogP contribution in [0.4, 0.5) is 5.69 Å². The topological polar surface area (TPSA) is 82.3 Å². The number of amides is 2. The molecule has 0 fully saturated rings. The van der Waals surface area contributed by atoms with Crippen molar-refractivity contribution in [3.63, 3.8) is 0 Å². The van der Waals surface area contributed by atoms with Gasteiger partial charge in [0, 0.05) is 48.9 Å². The molecule has 0 atom stereocenters. The van der Waals surface area contributed by atoms with Gasteiger partial charge in [-0.2, -0.15) is 0 Å². The monoisotopic (exact) mass is 358 g/mol. The van der Waals surface area contributed by atoms with Crippen molar-refractivity contribution in [1.82, 2.24) is 16.0 Å². The first-order valence-electron chi connectivity index (χ1n) is 8.97. The molecule has 0 aromatic heterocycles. The molecule has 1 aliphatic heterocycles. The fraction of sp³-hybridized carbons (Fsp3) is 0.500. The average Bonchev–Trinajstić information content (AvgIpc) is 2.75. The van der Waals surface area contributed by atoms with E-state index < -0.39 is 0 Å². The number of hydrogen-bond donors (Lipinski definition) is 4. The minimum atomic E-state index is -0.323. The zero-order valence-electron chi connectivity index (χ0n) is 16.3. The zero-order chi connectivity index (χ0) is 19.4. The normalized spacial score (nSPS) is 17.5. The van der Waals surface area contributed by atoms with Crippen LogP contribution >= 0.6 is 0 Å². The SMILES string of the molecule is CC(=O)Nc1ccc(CNCCNC(=O)C2=CC(C)(C)NC2(C)C)cc1. The van der Waals surface area contributed by atoms with Crippen molar-refractivity contribution in [1.29, 1.82) is 0 Å². The molecule has 1 aromatic carbocycles. The molecule has 0 unspecified atom stereocenters. The van der Waals surface area contributed by atoms with Crippen molar-refractivity contribution in [3.05, 3.63) is 41.5 Å². The molecule has 0 saturated carbocycles. The molecule has 2 rings (SSSR count). The van der Waals surface area contributed by atoms with E-state index in [1.165, 1.54) is 6.92 Å². The number of nitrogens with one attached hydrogen (secondary N) is 4. The highest BCUT2D eigenvalue weighted by Crippen LogP contribution is 2.29. The maximum Gasteiger partial charge on any atom is 0.248 e. The van der Waals surface area contributed by atoms with Gasteiger partial charge in [0.15, 0.2) is 0 Å². The molecule has 4 N–H and O–H groups in total. The van der Waals surface area contributed by atoms with Gasteiger partial charge in [-0.25, -0.2) is 0 Å². The lowest BCUT2D eigenvalue weighted by Gasteiger charge is -2.27. The first-order chi connectivity index (χ1) is 12.1. The fourth-order valence-electron chi connectivity index (χ4n) is 3.30. The predicted molar refractivity (Wildman–Crippen MR) is 105 cm³/mol. The number of hydrogen-bond acceptors (Lipinski definition) is 4. The van der Waals surface area contributed by atoms with Crippen LogP contribution in [0.1, 0.15) is 40.2 Å². The molecule has 6 nitrogen and oxygen atoms in total. The Bertz CT molecular complexity index is 690. The van der Waals surface area contributed by atoms with E-state index in [2.05, 4.69) is 35.1 Å². The molecule has 1 aromatic rings. The molecule has 6 heteroatoms. The first-order valence-corrected chi connectivity index (χ1v) is 8.97. The van der Waals surface area contributed by atoms with Crippen LogP contribution in [0.3, 0.4) is 0 Å². The Labute approximate surface area is 155 Å². The molecule has 26 heavy (non-hydrogen) atoms. The molecule has 0 spiro atoms. The Morgan fingerprint density at radius 1 is 1.04 bits per heavy atom. The number of benzene rings is 1. The third-order valence-corrected chi connectivity index (χ3v) is 4.25. The summed E-state index contributed by atoms with van der Waals surface area (Å²) in [5, 5.41) is 12.5. The predicted octanol–water partition coefficient (Wildman–Crippen LogP) is 1.94. The summed E-state index contributed by atoms with van der Waals surface area (Å²) < 4.78 is 0. The molecule has 0 bridgehead atoms. The number of carbonyl (C=O) groups excluding carboxylic acids is 2. The Hall–Kier alpha value is -2.18. The third kappa shape index (κ3) is 5.68. The van der Waals surface area contributed by atoms with Crippen LogP contribution in [-0.4, -0.2) is 36.0 Å². The van der Waals surface area contributed by atoms with Crippen LogP contribution in [-0.2, 0) is 16.1 Å². The Morgan fingerprint density at radius 2 is 1.69 bits per heavy atom. The second-order valence-corrected chi connectivity index (χ2v) is 7.84. The second-order valence-electron chi connectivity index (χ2n) is 7.84. The number of anilines is 1. The number of rotatable bonds is 7. The largest absolute Gasteiger partial charge is 0.351 e. The Morgan fingerprint density at radius 3 is 2.23 bits per heavy atom. The van der Waals surface area contributed by atoms with E-state index in [-0.39, 0.29) is 22.9 Å². The summed E-state index contributed by atoms with van der Waals surface area (Å²) in [5.74, 6) is -0.0969. The van der Waals surface area contributed by atoms with E-state index in [1.807, 2.05) is 44.2 Å². The van der Waals surface area contributed by atoms with Crippen LogP contribution in [0, 0.1) is 0 Å². The summed E-state index contributed by atoms with van der Waals surface area (Å²) in [6.45, 7) is 11.6. The van der Waals surface area contributed by atoms with Crippen molar-refractivity contribution in [3.8, 4) is 0 Å². The van der Waals surface area contributed by atoms with Crippen LogP contribution in [0.25, 0.3) is 0 Å². The molecular formula is C20H30N4O2. The van der Waals surface area contributed by atoms with E-state index in [4.69, 9.17) is 0 Å². The average molecular weight is 358 g/mol. The van der Waals surface area contributed by atoms with Crippen molar-refractivity contribution < 1.29 is 9.59 Å². The quantitative estimate of drug-likeness (QED) is 0.562. The van der Waals surface area contributed by atoms with Crippen molar-refractivity contribution >= 4 is 17.5 Å². The van der Waals surface area contributed by atoms with Gasteiger partial charge >= 0.3 is 0 Å². The van der Waals surface area contributed by atoms with Crippen molar-refractivity contribution in [2.45, 2.75) is 52.2 Å². The van der Waals surface area contributed by atoms with Gasteiger partial charge in [0.2, 0.25) is 11.8 Å². The lowest BCUT2D eigenvalue weighted by molar-refractivity contribution is -0.118. The maximum atomic E-state index is 12.4. The third-order valence-electron chi connectivity index (χ3n) is 4.25. The van der Waals surface area contributed by atoms with Gasteiger partial charge in [0.05, 0.1) is 0 Å². The van der Waals surface area contributed by atoms with E-state index in [0.29, 0.717) is 19.6 Å². The standard InChI is InChI=1S/C20H30N4O2/c1-14(25)23-16-8-6-15(7-9-16)13-21-10-11-22-18(26)17-12-19(2,3)24-20(17,4)5/h6-9,12,21,24H,10-11,13H2,1-5H3,(H,22,26)(H,23,25). The fourth-order valence-corrected chi connectivity index (χ4v) is 3.30. The van der Waals surface area contributed by atoms with Crippen LogP contribution in [0.2, 0.25) is 0 Å². The van der Waals surface area contributed by atoms with Crippen LogP contribution in [0.5, 0.6) is 0 Å². The second kappa shape index (κ2) is 8.01.